The quantitative estimate of drug-likeness (QED) is 0.386. The van der Waals surface area contributed by atoms with Gasteiger partial charge >= 0.3 is 0 Å². The molecule has 0 saturated heterocycles. The van der Waals surface area contributed by atoms with Gasteiger partial charge in [0, 0.05) is 34.3 Å². The van der Waals surface area contributed by atoms with Crippen LogP contribution in [-0.4, -0.2) is 15.6 Å². The number of hydrogen-bond acceptors (Lipinski definition) is 5. The molecule has 26 heavy (non-hydrogen) atoms. The summed E-state index contributed by atoms with van der Waals surface area (Å²) in [4.78, 5) is 32.3. The summed E-state index contributed by atoms with van der Waals surface area (Å²) in [7, 11) is 0. The molecule has 7 nitrogen and oxygen atoms in total. The minimum absolute atomic E-state index is 0.152. The van der Waals surface area contributed by atoms with Gasteiger partial charge in [0.05, 0.1) is 9.85 Å². The van der Waals surface area contributed by atoms with Crippen LogP contribution in [0.3, 0.4) is 0 Å². The highest BCUT2D eigenvalue weighted by atomic mass is 35.5. The smallest absolute Gasteiger partial charge is 0.270 e. The molecule has 0 radical (unpaired) electrons. The van der Waals surface area contributed by atoms with Crippen molar-refractivity contribution in [1.29, 1.82) is 0 Å². The maximum atomic E-state index is 11.9. The zero-order valence-corrected chi connectivity index (χ0v) is 14.5. The van der Waals surface area contributed by atoms with Gasteiger partial charge in [0.1, 0.15) is 0 Å². The van der Waals surface area contributed by atoms with Crippen LogP contribution in [0, 0.1) is 20.2 Å². The first-order valence-corrected chi connectivity index (χ1v) is 7.81. The topological polar surface area (TPSA) is 103 Å². The third kappa shape index (κ3) is 4.98. The summed E-state index contributed by atoms with van der Waals surface area (Å²) in [5, 5.41) is 22.0. The summed E-state index contributed by atoms with van der Waals surface area (Å²) >= 11 is 11.9. The number of nitrogens with zero attached hydrogens (tertiary/aromatic N) is 2. The molecular weight excluding hydrogens is 383 g/mol. The van der Waals surface area contributed by atoms with Crippen LogP contribution in [0.4, 0.5) is 11.4 Å². The third-order valence-electron chi connectivity index (χ3n) is 3.24. The Labute approximate surface area is 157 Å². The van der Waals surface area contributed by atoms with Crippen molar-refractivity contribution in [2.24, 2.45) is 0 Å². The summed E-state index contributed by atoms with van der Waals surface area (Å²) in [6.45, 7) is 0. The second kappa shape index (κ2) is 8.37. The standard InChI is InChI=1S/C17H10Cl2N2O5/c18-16-7-3-13(20(23)24)9-11(16)1-5-15(22)6-2-12-10-14(21(25)26)4-8-17(12)19/h1-10H/b5-1+,6-2+. The molecule has 2 aromatic carbocycles. The van der Waals surface area contributed by atoms with E-state index in [9.17, 15) is 25.0 Å². The van der Waals surface area contributed by atoms with Gasteiger partial charge in [0.2, 0.25) is 0 Å². The van der Waals surface area contributed by atoms with E-state index in [0.717, 1.165) is 0 Å². The maximum Gasteiger partial charge on any atom is 0.270 e. The van der Waals surface area contributed by atoms with E-state index in [-0.39, 0.29) is 21.4 Å². The summed E-state index contributed by atoms with van der Waals surface area (Å²) in [5.41, 5.74) is 0.327. The highest BCUT2D eigenvalue weighted by Crippen LogP contribution is 2.24. The van der Waals surface area contributed by atoms with Crippen molar-refractivity contribution in [2.45, 2.75) is 0 Å². The molecule has 0 unspecified atom stereocenters. The SMILES string of the molecule is O=C(/C=C/c1cc([N+](=O)[O-])ccc1Cl)/C=C/c1cc([N+](=O)[O-])ccc1Cl. The number of allylic oxidation sites excluding steroid dienone is 2. The Morgan fingerprint density at radius 2 is 1.19 bits per heavy atom. The van der Waals surface area contributed by atoms with Crippen LogP contribution in [0.1, 0.15) is 11.1 Å². The number of hydrogen-bond donors (Lipinski definition) is 0. The molecule has 0 saturated carbocycles. The van der Waals surface area contributed by atoms with Crippen LogP contribution in [0.2, 0.25) is 10.0 Å². The molecule has 0 bridgehead atoms. The first kappa shape index (κ1) is 19.3. The number of rotatable bonds is 6. The minimum Gasteiger partial charge on any atom is -0.290 e. The Bertz CT molecular complexity index is 879. The fourth-order valence-corrected chi connectivity index (χ4v) is 2.31. The van der Waals surface area contributed by atoms with E-state index in [1.165, 1.54) is 60.7 Å². The first-order valence-electron chi connectivity index (χ1n) is 7.06. The molecule has 0 amide bonds. The average molecular weight is 393 g/mol. The van der Waals surface area contributed by atoms with E-state index in [0.29, 0.717) is 11.1 Å². The lowest BCUT2D eigenvalue weighted by Gasteiger charge is -1.98. The summed E-state index contributed by atoms with van der Waals surface area (Å²) in [5.74, 6) is -0.449. The minimum atomic E-state index is -0.570. The maximum absolute atomic E-state index is 11.9. The molecule has 9 heteroatoms. The van der Waals surface area contributed by atoms with Crippen LogP contribution in [0.25, 0.3) is 12.2 Å². The van der Waals surface area contributed by atoms with Gasteiger partial charge in [0.15, 0.2) is 5.78 Å². The molecule has 2 rings (SSSR count). The van der Waals surface area contributed by atoms with Crippen molar-refractivity contribution >= 4 is 52.5 Å². The molecule has 0 aliphatic rings. The number of carbonyl (C=O) groups is 1. The molecule has 0 heterocycles. The fraction of sp³-hybridized carbons (Fsp3) is 0. The van der Waals surface area contributed by atoms with E-state index < -0.39 is 15.6 Å². The van der Waals surface area contributed by atoms with Crippen molar-refractivity contribution in [1.82, 2.24) is 0 Å². The average Bonchev–Trinajstić information content (AvgIpc) is 2.59. The van der Waals surface area contributed by atoms with E-state index in [2.05, 4.69) is 0 Å². The number of non-ortho nitro benzene ring substituents is 2. The lowest BCUT2D eigenvalue weighted by molar-refractivity contribution is -0.385. The Balaban J connectivity index is 2.19. The van der Waals surface area contributed by atoms with Crippen LogP contribution < -0.4 is 0 Å². The molecule has 132 valence electrons. The largest absolute Gasteiger partial charge is 0.290 e. The lowest BCUT2D eigenvalue weighted by atomic mass is 10.1. The van der Waals surface area contributed by atoms with Gasteiger partial charge in [-0.05, 0) is 47.6 Å². The summed E-state index contributed by atoms with van der Waals surface area (Å²) in [6.07, 6.45) is 5.04. The van der Waals surface area contributed by atoms with Crippen molar-refractivity contribution in [2.75, 3.05) is 0 Å². The van der Waals surface area contributed by atoms with Crippen molar-refractivity contribution in [3.8, 4) is 0 Å². The van der Waals surface area contributed by atoms with E-state index in [1.54, 1.807) is 0 Å². The highest BCUT2D eigenvalue weighted by Gasteiger charge is 2.09. The number of carbonyl (C=O) groups excluding carboxylic acids is 1. The van der Waals surface area contributed by atoms with Gasteiger partial charge in [-0.3, -0.25) is 25.0 Å². The first-order chi connectivity index (χ1) is 12.3. The van der Waals surface area contributed by atoms with Gasteiger partial charge < -0.3 is 0 Å². The summed E-state index contributed by atoms with van der Waals surface area (Å²) in [6, 6.07) is 7.73. The summed E-state index contributed by atoms with van der Waals surface area (Å²) < 4.78 is 0. The predicted molar refractivity (Wildman–Crippen MR) is 99.3 cm³/mol. The Kier molecular flexibility index (Phi) is 6.21. The lowest BCUT2D eigenvalue weighted by Crippen LogP contribution is -1.90. The molecule has 2 aromatic rings. The zero-order chi connectivity index (χ0) is 19.3. The van der Waals surface area contributed by atoms with Gasteiger partial charge in [-0.15, -0.1) is 0 Å². The molecule has 0 atom stereocenters. The normalized spacial score (nSPS) is 11.2. The van der Waals surface area contributed by atoms with Gasteiger partial charge in [0.25, 0.3) is 11.4 Å². The predicted octanol–water partition coefficient (Wildman–Crippen LogP) is 5.11. The van der Waals surface area contributed by atoms with Crippen LogP contribution >= 0.6 is 23.2 Å². The Morgan fingerprint density at radius 3 is 1.54 bits per heavy atom. The molecule has 0 aliphatic carbocycles. The molecular formula is C17H10Cl2N2O5. The Hall–Kier alpha value is -3.03. The Morgan fingerprint density at radius 1 is 0.808 bits per heavy atom. The van der Waals surface area contributed by atoms with Gasteiger partial charge in [-0.25, -0.2) is 0 Å². The number of ketones is 1. The number of nitro benzene ring substituents is 2. The number of benzene rings is 2. The van der Waals surface area contributed by atoms with Crippen molar-refractivity contribution < 1.29 is 14.6 Å². The number of halogens is 2. The molecule has 0 aliphatic heterocycles. The molecule has 0 spiro atoms. The van der Waals surface area contributed by atoms with Gasteiger partial charge in [-0.2, -0.15) is 0 Å². The van der Waals surface area contributed by atoms with E-state index in [1.807, 2.05) is 0 Å². The second-order valence-corrected chi connectivity index (χ2v) is 5.81. The molecule has 0 aromatic heterocycles. The van der Waals surface area contributed by atoms with Crippen LogP contribution in [0.5, 0.6) is 0 Å². The second-order valence-electron chi connectivity index (χ2n) is 4.99. The van der Waals surface area contributed by atoms with E-state index >= 15 is 0 Å². The number of nitro groups is 2. The van der Waals surface area contributed by atoms with Crippen molar-refractivity contribution in [3.63, 3.8) is 0 Å². The van der Waals surface area contributed by atoms with Crippen LogP contribution in [0.15, 0.2) is 48.6 Å². The monoisotopic (exact) mass is 392 g/mol. The molecule has 0 fully saturated rings. The van der Waals surface area contributed by atoms with Crippen molar-refractivity contribution in [3.05, 3.63) is 90.0 Å². The third-order valence-corrected chi connectivity index (χ3v) is 3.92. The van der Waals surface area contributed by atoms with E-state index in [4.69, 9.17) is 23.2 Å². The fourth-order valence-electron chi connectivity index (χ4n) is 1.94. The molecule has 0 N–H and O–H groups in total. The van der Waals surface area contributed by atoms with Crippen LogP contribution in [-0.2, 0) is 4.79 Å². The van der Waals surface area contributed by atoms with Gasteiger partial charge in [-0.1, -0.05) is 23.2 Å². The highest BCUT2D eigenvalue weighted by molar-refractivity contribution is 6.32. The zero-order valence-electron chi connectivity index (χ0n) is 13.0.